The third-order valence-corrected chi connectivity index (χ3v) is 3.66. The molecule has 0 radical (unpaired) electrons. The van der Waals surface area contributed by atoms with Crippen LogP contribution in [0.4, 0.5) is 0 Å². The summed E-state index contributed by atoms with van der Waals surface area (Å²) in [6.45, 7) is 1.87. The number of nitrogens with zero attached hydrogens (tertiary/aromatic N) is 2. The van der Waals surface area contributed by atoms with E-state index in [1.807, 2.05) is 6.07 Å². The van der Waals surface area contributed by atoms with Gasteiger partial charge in [-0.05, 0) is 54.5 Å². The van der Waals surface area contributed by atoms with Crippen LogP contribution >= 0.6 is 27.5 Å². The highest BCUT2D eigenvalue weighted by Crippen LogP contribution is 2.25. The second-order valence-corrected chi connectivity index (χ2v) is 5.15. The van der Waals surface area contributed by atoms with Crippen LogP contribution in [0.5, 0.6) is 5.75 Å². The molecule has 0 saturated carbocycles. The van der Waals surface area contributed by atoms with Crippen LogP contribution in [-0.4, -0.2) is 36.1 Å². The Morgan fingerprint density at radius 3 is 3.06 bits per heavy atom. The third-order valence-electron chi connectivity index (χ3n) is 2.88. The molecule has 2 heterocycles. The van der Waals surface area contributed by atoms with E-state index >= 15 is 0 Å². The molecule has 0 unspecified atom stereocenters. The molecule has 88 valence electrons. The third kappa shape index (κ3) is 2.87. The second kappa shape index (κ2) is 5.34. The van der Waals surface area contributed by atoms with Gasteiger partial charge in [0.15, 0.2) is 5.75 Å². The Balaban J connectivity index is 1.94. The van der Waals surface area contributed by atoms with Gasteiger partial charge in [-0.2, -0.15) is 0 Å². The van der Waals surface area contributed by atoms with Gasteiger partial charge in [-0.1, -0.05) is 11.6 Å². The van der Waals surface area contributed by atoms with E-state index in [0.29, 0.717) is 22.4 Å². The van der Waals surface area contributed by atoms with E-state index in [-0.39, 0.29) is 0 Å². The number of ether oxygens (including phenoxy) is 1. The zero-order chi connectivity index (χ0) is 11.5. The predicted molar refractivity (Wildman–Crippen MR) is 68.1 cm³/mol. The van der Waals surface area contributed by atoms with Crippen molar-refractivity contribution in [2.24, 2.45) is 0 Å². The van der Waals surface area contributed by atoms with Crippen LogP contribution in [0.15, 0.2) is 16.7 Å². The van der Waals surface area contributed by atoms with E-state index in [4.69, 9.17) is 16.3 Å². The molecule has 0 spiro atoms. The molecule has 5 heteroatoms. The number of hydrogen-bond donors (Lipinski definition) is 0. The summed E-state index contributed by atoms with van der Waals surface area (Å²) in [6, 6.07) is 4.09. The molecular weight excluding hydrogens is 291 g/mol. The van der Waals surface area contributed by atoms with Crippen LogP contribution < -0.4 is 4.74 Å². The first-order valence-corrected chi connectivity index (χ1v) is 6.49. The lowest BCUT2D eigenvalue weighted by molar-refractivity contribution is 0.197. The minimum Gasteiger partial charge on any atom is -0.489 e. The summed E-state index contributed by atoms with van der Waals surface area (Å²) >= 11 is 9.10. The van der Waals surface area contributed by atoms with Gasteiger partial charge in [0, 0.05) is 6.04 Å². The molecule has 0 bridgehead atoms. The van der Waals surface area contributed by atoms with Crippen molar-refractivity contribution in [1.82, 2.24) is 9.88 Å². The van der Waals surface area contributed by atoms with Crippen molar-refractivity contribution in [2.75, 3.05) is 20.2 Å². The lowest BCUT2D eigenvalue weighted by Gasteiger charge is -2.19. The largest absolute Gasteiger partial charge is 0.489 e. The monoisotopic (exact) mass is 304 g/mol. The Hall–Kier alpha value is -0.320. The molecule has 1 aliphatic rings. The zero-order valence-electron chi connectivity index (χ0n) is 9.12. The van der Waals surface area contributed by atoms with E-state index in [2.05, 4.69) is 32.9 Å². The average Bonchev–Trinajstić information content (AvgIpc) is 2.63. The molecule has 1 aromatic heterocycles. The molecule has 0 aromatic carbocycles. The predicted octanol–water partition coefficient (Wildman–Crippen LogP) is 2.97. The van der Waals surface area contributed by atoms with Gasteiger partial charge in [0.1, 0.15) is 16.4 Å². The first-order valence-electron chi connectivity index (χ1n) is 5.32. The number of pyridine rings is 1. The van der Waals surface area contributed by atoms with E-state index in [0.717, 1.165) is 12.3 Å². The molecule has 1 fully saturated rings. The van der Waals surface area contributed by atoms with Crippen molar-refractivity contribution in [3.05, 3.63) is 21.9 Å². The number of likely N-dealkylation sites (N-methyl/N-ethyl adjacent to an activating group) is 1. The van der Waals surface area contributed by atoms with E-state index in [9.17, 15) is 0 Å². The van der Waals surface area contributed by atoms with E-state index in [1.165, 1.54) is 12.8 Å². The molecule has 3 nitrogen and oxygen atoms in total. The Labute approximate surface area is 109 Å². The molecule has 0 amide bonds. The number of hydrogen-bond acceptors (Lipinski definition) is 3. The Morgan fingerprint density at radius 1 is 1.62 bits per heavy atom. The molecule has 16 heavy (non-hydrogen) atoms. The van der Waals surface area contributed by atoms with Gasteiger partial charge in [0.2, 0.25) is 0 Å². The topological polar surface area (TPSA) is 25.4 Å². The highest BCUT2D eigenvalue weighted by Gasteiger charge is 2.21. The lowest BCUT2D eigenvalue weighted by Crippen LogP contribution is -2.30. The van der Waals surface area contributed by atoms with Crippen LogP contribution in [0.25, 0.3) is 0 Å². The highest BCUT2D eigenvalue weighted by atomic mass is 79.9. The van der Waals surface area contributed by atoms with Crippen molar-refractivity contribution in [3.8, 4) is 5.75 Å². The van der Waals surface area contributed by atoms with E-state index in [1.54, 1.807) is 6.07 Å². The first-order chi connectivity index (χ1) is 7.66. The van der Waals surface area contributed by atoms with Crippen molar-refractivity contribution in [1.29, 1.82) is 0 Å². The summed E-state index contributed by atoms with van der Waals surface area (Å²) in [7, 11) is 2.14. The number of likely N-dealkylation sites (tertiary alicyclic amines) is 1. The van der Waals surface area contributed by atoms with Gasteiger partial charge >= 0.3 is 0 Å². The maximum absolute atomic E-state index is 5.76. The van der Waals surface area contributed by atoms with Crippen molar-refractivity contribution in [3.63, 3.8) is 0 Å². The lowest BCUT2D eigenvalue weighted by atomic mass is 10.2. The Morgan fingerprint density at radius 2 is 2.44 bits per heavy atom. The van der Waals surface area contributed by atoms with Gasteiger partial charge in [-0.25, -0.2) is 4.98 Å². The number of aromatic nitrogens is 1. The normalized spacial score (nSPS) is 21.3. The van der Waals surface area contributed by atoms with Crippen LogP contribution in [-0.2, 0) is 0 Å². The standard InChI is InChI=1S/C11H14BrClN2O/c1-15-6-2-3-8(15)7-16-9-4-5-10(13)14-11(9)12/h4-5,8H,2-3,6-7H2,1H3/t8-/m0/s1. The molecule has 1 atom stereocenters. The fraction of sp³-hybridized carbons (Fsp3) is 0.545. The van der Waals surface area contributed by atoms with Crippen molar-refractivity contribution >= 4 is 27.5 Å². The number of halogens is 2. The van der Waals surface area contributed by atoms with Crippen LogP contribution in [0, 0.1) is 0 Å². The summed E-state index contributed by atoms with van der Waals surface area (Å²) in [5, 5.41) is 0.470. The fourth-order valence-electron chi connectivity index (χ4n) is 1.88. The molecule has 0 N–H and O–H groups in total. The Bertz CT molecular complexity index is 375. The minimum absolute atomic E-state index is 0.470. The summed E-state index contributed by atoms with van der Waals surface area (Å²) in [4.78, 5) is 6.41. The fourth-order valence-corrected chi connectivity index (χ4v) is 2.57. The second-order valence-electron chi connectivity index (χ2n) is 4.01. The van der Waals surface area contributed by atoms with Crippen LogP contribution in [0.1, 0.15) is 12.8 Å². The smallest absolute Gasteiger partial charge is 0.152 e. The molecular formula is C11H14BrClN2O. The average molecular weight is 306 g/mol. The summed E-state index contributed by atoms with van der Waals surface area (Å²) < 4.78 is 6.40. The first kappa shape index (κ1) is 12.1. The quantitative estimate of drug-likeness (QED) is 0.803. The zero-order valence-corrected chi connectivity index (χ0v) is 11.5. The maximum atomic E-state index is 5.76. The summed E-state index contributed by atoms with van der Waals surface area (Å²) in [5.74, 6) is 0.754. The molecule has 1 saturated heterocycles. The molecule has 0 aliphatic carbocycles. The van der Waals surface area contributed by atoms with Gasteiger partial charge in [0.05, 0.1) is 0 Å². The summed E-state index contributed by atoms with van der Waals surface area (Å²) in [5.41, 5.74) is 0. The van der Waals surface area contributed by atoms with Gasteiger partial charge in [0.25, 0.3) is 0 Å². The number of rotatable bonds is 3. The highest BCUT2D eigenvalue weighted by molar-refractivity contribution is 9.10. The van der Waals surface area contributed by atoms with Crippen molar-refractivity contribution < 1.29 is 4.74 Å². The van der Waals surface area contributed by atoms with Crippen LogP contribution in [0.2, 0.25) is 5.15 Å². The van der Waals surface area contributed by atoms with Gasteiger partial charge in [-0.15, -0.1) is 0 Å². The summed E-state index contributed by atoms with van der Waals surface area (Å²) in [6.07, 6.45) is 2.46. The Kier molecular flexibility index (Phi) is 4.05. The minimum atomic E-state index is 0.470. The van der Waals surface area contributed by atoms with Crippen LogP contribution in [0.3, 0.4) is 0 Å². The maximum Gasteiger partial charge on any atom is 0.152 e. The van der Waals surface area contributed by atoms with Gasteiger partial charge < -0.3 is 9.64 Å². The molecule has 2 rings (SSSR count). The van der Waals surface area contributed by atoms with Crippen molar-refractivity contribution in [2.45, 2.75) is 18.9 Å². The van der Waals surface area contributed by atoms with Gasteiger partial charge in [-0.3, -0.25) is 0 Å². The molecule has 1 aromatic rings. The molecule has 1 aliphatic heterocycles. The SMILES string of the molecule is CN1CCC[C@H]1COc1ccc(Cl)nc1Br. The van der Waals surface area contributed by atoms with E-state index < -0.39 is 0 Å².